The van der Waals surface area contributed by atoms with Crippen LogP contribution in [0.3, 0.4) is 0 Å². The fourth-order valence-corrected chi connectivity index (χ4v) is 4.21. The van der Waals surface area contributed by atoms with Gasteiger partial charge in [-0.25, -0.2) is 4.79 Å². The molecule has 4 rings (SSSR count). The van der Waals surface area contributed by atoms with Crippen molar-refractivity contribution in [2.75, 3.05) is 33.4 Å². The van der Waals surface area contributed by atoms with Crippen LogP contribution in [0.2, 0.25) is 0 Å². The summed E-state index contributed by atoms with van der Waals surface area (Å²) in [6, 6.07) is 20.8. The minimum Gasteiger partial charge on any atom is -0.491 e. The van der Waals surface area contributed by atoms with Gasteiger partial charge in [0.2, 0.25) is 0 Å². The van der Waals surface area contributed by atoms with Gasteiger partial charge >= 0.3 is 5.97 Å². The number of aryl methyl sites for hydroxylation is 1. The SMILES string of the molecule is COCCc1ccc(OC[C@@H](O)CNC[C@H]2CCc3cc(-c4ccc(C(=O)O)cc4)ccc3O2)cc1. The zero-order valence-electron chi connectivity index (χ0n) is 20.5. The molecule has 190 valence electrons. The first-order chi connectivity index (χ1) is 17.5. The molecule has 2 atom stereocenters. The number of fused-ring (bicyclic) bond motifs is 1. The zero-order chi connectivity index (χ0) is 25.3. The van der Waals surface area contributed by atoms with Gasteiger partial charge in [0.1, 0.15) is 30.3 Å². The van der Waals surface area contributed by atoms with Crippen LogP contribution in [0.4, 0.5) is 0 Å². The molecule has 0 fully saturated rings. The highest BCUT2D eigenvalue weighted by Gasteiger charge is 2.20. The van der Waals surface area contributed by atoms with Crippen molar-refractivity contribution in [1.82, 2.24) is 5.32 Å². The Morgan fingerprint density at radius 2 is 1.83 bits per heavy atom. The van der Waals surface area contributed by atoms with Gasteiger partial charge < -0.3 is 29.7 Å². The Morgan fingerprint density at radius 1 is 1.08 bits per heavy atom. The molecule has 0 amide bonds. The van der Waals surface area contributed by atoms with E-state index in [1.165, 1.54) is 5.56 Å². The second kappa shape index (κ2) is 12.5. The summed E-state index contributed by atoms with van der Waals surface area (Å²) in [5.41, 5.74) is 4.63. The Bertz CT molecular complexity index is 1130. The number of methoxy groups -OCH3 is 1. The minimum absolute atomic E-state index is 0.0333. The van der Waals surface area contributed by atoms with Crippen molar-refractivity contribution < 1.29 is 29.2 Å². The number of rotatable bonds is 12. The highest BCUT2D eigenvalue weighted by molar-refractivity contribution is 5.88. The molecule has 0 unspecified atom stereocenters. The van der Waals surface area contributed by atoms with E-state index in [1.54, 1.807) is 19.2 Å². The summed E-state index contributed by atoms with van der Waals surface area (Å²) in [4.78, 5) is 11.1. The molecule has 3 aromatic carbocycles. The van der Waals surface area contributed by atoms with Crippen LogP contribution < -0.4 is 14.8 Å². The predicted octanol–water partition coefficient (Wildman–Crippen LogP) is 3.96. The quantitative estimate of drug-likeness (QED) is 0.353. The van der Waals surface area contributed by atoms with E-state index in [9.17, 15) is 9.90 Å². The molecular formula is C29H33NO6. The molecule has 7 heteroatoms. The maximum Gasteiger partial charge on any atom is 0.335 e. The van der Waals surface area contributed by atoms with Crippen LogP contribution in [-0.2, 0) is 17.6 Å². The number of carboxylic acid groups (broad SMARTS) is 1. The average Bonchev–Trinajstić information content (AvgIpc) is 2.91. The number of benzene rings is 3. The summed E-state index contributed by atoms with van der Waals surface area (Å²) < 4.78 is 17.0. The maximum absolute atomic E-state index is 11.1. The first-order valence-corrected chi connectivity index (χ1v) is 12.2. The summed E-state index contributed by atoms with van der Waals surface area (Å²) in [5.74, 6) is 0.681. The number of aliphatic hydroxyl groups is 1. The van der Waals surface area contributed by atoms with Crippen LogP contribution in [0, 0.1) is 0 Å². The summed E-state index contributed by atoms with van der Waals surface area (Å²) in [6.07, 6.45) is 2.05. The van der Waals surface area contributed by atoms with Gasteiger partial charge in [-0.1, -0.05) is 30.3 Å². The minimum atomic E-state index is -0.927. The van der Waals surface area contributed by atoms with Crippen molar-refractivity contribution in [1.29, 1.82) is 0 Å². The van der Waals surface area contributed by atoms with Crippen LogP contribution in [0.1, 0.15) is 27.9 Å². The first kappa shape index (κ1) is 25.7. The van der Waals surface area contributed by atoms with Gasteiger partial charge in [-0.2, -0.15) is 0 Å². The lowest BCUT2D eigenvalue weighted by Crippen LogP contribution is -2.39. The van der Waals surface area contributed by atoms with Crippen LogP contribution >= 0.6 is 0 Å². The molecule has 0 aliphatic carbocycles. The molecule has 0 radical (unpaired) electrons. The average molecular weight is 492 g/mol. The van der Waals surface area contributed by atoms with E-state index >= 15 is 0 Å². The third kappa shape index (κ3) is 7.07. The van der Waals surface area contributed by atoms with E-state index in [0.29, 0.717) is 19.7 Å². The summed E-state index contributed by atoms with van der Waals surface area (Å²) in [7, 11) is 1.69. The lowest BCUT2D eigenvalue weighted by Gasteiger charge is -2.27. The van der Waals surface area contributed by atoms with Crippen molar-refractivity contribution in [2.24, 2.45) is 0 Å². The zero-order valence-corrected chi connectivity index (χ0v) is 20.5. The van der Waals surface area contributed by atoms with E-state index < -0.39 is 12.1 Å². The van der Waals surface area contributed by atoms with Crippen molar-refractivity contribution in [3.8, 4) is 22.6 Å². The summed E-state index contributed by atoms with van der Waals surface area (Å²) in [5, 5.41) is 22.6. The Kier molecular flexibility index (Phi) is 8.95. The van der Waals surface area contributed by atoms with Crippen molar-refractivity contribution in [2.45, 2.75) is 31.5 Å². The Balaban J connectivity index is 1.20. The van der Waals surface area contributed by atoms with E-state index in [-0.39, 0.29) is 18.3 Å². The molecule has 7 nitrogen and oxygen atoms in total. The molecular weight excluding hydrogens is 458 g/mol. The van der Waals surface area contributed by atoms with Gasteiger partial charge in [-0.05, 0) is 77.9 Å². The standard InChI is InChI=1S/C29H33NO6/c1-34-15-14-20-2-10-26(11-3-20)35-19-25(31)17-30-18-27-12-8-24-16-23(9-13-28(24)36-27)21-4-6-22(7-5-21)29(32)33/h2-7,9-11,13,16,25,27,30-31H,8,12,14-15,17-19H2,1H3,(H,32,33)/t25-,27+/m0/s1. The van der Waals surface area contributed by atoms with Gasteiger partial charge in [0.25, 0.3) is 0 Å². The van der Waals surface area contributed by atoms with Crippen molar-refractivity contribution >= 4 is 5.97 Å². The predicted molar refractivity (Wildman–Crippen MR) is 138 cm³/mol. The maximum atomic E-state index is 11.1. The first-order valence-electron chi connectivity index (χ1n) is 12.2. The molecule has 0 aromatic heterocycles. The molecule has 0 saturated heterocycles. The van der Waals surface area contributed by atoms with Gasteiger partial charge in [0, 0.05) is 20.2 Å². The van der Waals surface area contributed by atoms with Crippen LogP contribution in [0.25, 0.3) is 11.1 Å². The van der Waals surface area contributed by atoms with E-state index in [1.807, 2.05) is 48.5 Å². The molecule has 3 aromatic rings. The highest BCUT2D eigenvalue weighted by atomic mass is 16.5. The lowest BCUT2D eigenvalue weighted by atomic mass is 9.96. The second-order valence-electron chi connectivity index (χ2n) is 8.99. The number of aliphatic hydroxyl groups excluding tert-OH is 1. The Labute approximate surface area is 211 Å². The van der Waals surface area contributed by atoms with Crippen LogP contribution in [0.5, 0.6) is 11.5 Å². The number of hydrogen-bond donors (Lipinski definition) is 3. The topological polar surface area (TPSA) is 97.2 Å². The van der Waals surface area contributed by atoms with Gasteiger partial charge in [0.15, 0.2) is 0 Å². The smallest absolute Gasteiger partial charge is 0.335 e. The fraction of sp³-hybridized carbons (Fsp3) is 0.345. The molecule has 0 spiro atoms. The number of aromatic carboxylic acids is 1. The van der Waals surface area contributed by atoms with Crippen LogP contribution in [-0.4, -0.2) is 61.8 Å². The molecule has 3 N–H and O–H groups in total. The number of carbonyl (C=O) groups is 1. The monoisotopic (exact) mass is 491 g/mol. The van der Waals surface area contributed by atoms with Crippen LogP contribution in [0.15, 0.2) is 66.7 Å². The van der Waals surface area contributed by atoms with E-state index in [4.69, 9.17) is 19.3 Å². The molecule has 36 heavy (non-hydrogen) atoms. The van der Waals surface area contributed by atoms with Gasteiger partial charge in [0.05, 0.1) is 12.2 Å². The Hall–Kier alpha value is -3.39. The molecule has 0 saturated carbocycles. The normalized spacial score (nSPS) is 15.6. The second-order valence-corrected chi connectivity index (χ2v) is 8.99. The third-order valence-corrected chi connectivity index (χ3v) is 6.27. The number of nitrogens with one attached hydrogen (secondary N) is 1. The molecule has 0 bridgehead atoms. The highest BCUT2D eigenvalue weighted by Crippen LogP contribution is 2.32. The number of hydrogen-bond acceptors (Lipinski definition) is 6. The van der Waals surface area contributed by atoms with Gasteiger partial charge in [-0.3, -0.25) is 0 Å². The number of carboxylic acids is 1. The lowest BCUT2D eigenvalue weighted by molar-refractivity contribution is 0.0697. The summed E-state index contributed by atoms with van der Waals surface area (Å²) in [6.45, 7) is 1.97. The largest absolute Gasteiger partial charge is 0.491 e. The van der Waals surface area contributed by atoms with Crippen molar-refractivity contribution in [3.05, 3.63) is 83.4 Å². The van der Waals surface area contributed by atoms with Crippen molar-refractivity contribution in [3.63, 3.8) is 0 Å². The molecule has 1 aliphatic rings. The van der Waals surface area contributed by atoms with Gasteiger partial charge in [-0.15, -0.1) is 0 Å². The molecule has 1 aliphatic heterocycles. The number of ether oxygens (including phenoxy) is 3. The third-order valence-electron chi connectivity index (χ3n) is 6.27. The summed E-state index contributed by atoms with van der Waals surface area (Å²) >= 11 is 0. The fourth-order valence-electron chi connectivity index (χ4n) is 4.21. The van der Waals surface area contributed by atoms with E-state index in [2.05, 4.69) is 11.4 Å². The molecule has 1 heterocycles. The Morgan fingerprint density at radius 3 is 2.56 bits per heavy atom. The van der Waals surface area contributed by atoms with E-state index in [0.717, 1.165) is 47.5 Å².